The van der Waals surface area contributed by atoms with Crippen molar-refractivity contribution in [3.8, 4) is 0 Å². The van der Waals surface area contributed by atoms with Gasteiger partial charge in [0, 0.05) is 0 Å². The molecule has 3 heteroatoms. The van der Waals surface area contributed by atoms with Gasteiger partial charge in [0.2, 0.25) is 0 Å². The Morgan fingerprint density at radius 3 is 2.36 bits per heavy atom. The van der Waals surface area contributed by atoms with E-state index in [-0.39, 0.29) is 10.7 Å². The third-order valence-corrected chi connectivity index (χ3v) is 2.45. The smallest absolute Gasteiger partial charge is 0.321 e. The quantitative estimate of drug-likeness (QED) is 0.613. The number of hydrogen-bond acceptors (Lipinski definition) is 3. The van der Waals surface area contributed by atoms with Crippen LogP contribution in [0.1, 0.15) is 27.7 Å². The first kappa shape index (κ1) is 10.8. The van der Waals surface area contributed by atoms with E-state index in [1.165, 1.54) is 0 Å². The van der Waals surface area contributed by atoms with Gasteiger partial charge in [-0.25, -0.2) is 0 Å². The van der Waals surface area contributed by atoms with Crippen LogP contribution in [0.5, 0.6) is 0 Å². The Labute approximate surface area is 72.7 Å². The van der Waals surface area contributed by atoms with Gasteiger partial charge in [0.25, 0.3) is 0 Å². The third kappa shape index (κ3) is 3.65. The Hall–Kier alpha value is -0.180. The van der Waals surface area contributed by atoms with E-state index in [9.17, 15) is 4.79 Å². The molecule has 0 spiro atoms. The maximum absolute atomic E-state index is 11.2. The molecule has 0 aromatic carbocycles. The van der Waals surface area contributed by atoms with Crippen molar-refractivity contribution in [3.05, 3.63) is 0 Å². The number of carbonyl (C=O) groups is 1. The molecule has 0 aliphatic carbocycles. The van der Waals surface area contributed by atoms with Gasteiger partial charge in [-0.2, -0.15) is 0 Å². The highest BCUT2D eigenvalue weighted by Gasteiger charge is 2.28. The van der Waals surface area contributed by atoms with Gasteiger partial charge in [-0.1, -0.05) is 6.92 Å². The fourth-order valence-electron chi connectivity index (χ4n) is 0.725. The molecule has 0 aliphatic heterocycles. The second-order valence-corrected chi connectivity index (χ2v) is 4.55. The largest absolute Gasteiger partial charge is 0.465 e. The van der Waals surface area contributed by atoms with Crippen molar-refractivity contribution in [1.29, 1.82) is 0 Å². The zero-order valence-corrected chi connectivity index (χ0v) is 8.46. The summed E-state index contributed by atoms with van der Waals surface area (Å²) < 4.78 is 4.52. The molecule has 0 aliphatic rings. The Bertz CT molecular complexity index is 132. The van der Waals surface area contributed by atoms with Crippen LogP contribution in [-0.2, 0) is 9.53 Å². The van der Waals surface area contributed by atoms with Crippen molar-refractivity contribution in [2.45, 2.75) is 32.4 Å². The van der Waals surface area contributed by atoms with Crippen LogP contribution in [0.15, 0.2) is 0 Å². The molecular weight excluding hydrogens is 160 g/mol. The van der Waals surface area contributed by atoms with Crippen molar-refractivity contribution < 1.29 is 9.53 Å². The summed E-state index contributed by atoms with van der Waals surface area (Å²) in [7, 11) is 0. The fourth-order valence-corrected chi connectivity index (χ4v) is 1.62. The Morgan fingerprint density at radius 1 is 1.45 bits per heavy atom. The van der Waals surface area contributed by atoms with Crippen LogP contribution in [0.2, 0.25) is 0 Å². The Kier molecular flexibility index (Phi) is 4.57. The highest BCUT2D eigenvalue weighted by atomic mass is 32.2. The van der Waals surface area contributed by atoms with Gasteiger partial charge in [0.05, 0.1) is 6.61 Å². The monoisotopic (exact) mass is 176 g/mol. The van der Waals surface area contributed by atoms with E-state index in [2.05, 4.69) is 0 Å². The van der Waals surface area contributed by atoms with Crippen molar-refractivity contribution in [1.82, 2.24) is 0 Å². The molecule has 0 heterocycles. The van der Waals surface area contributed by atoms with Crippen LogP contribution in [-0.4, -0.2) is 23.1 Å². The molecule has 0 atom stereocenters. The summed E-state index contributed by atoms with van der Waals surface area (Å²) in [5, 5.41) is 0. The Morgan fingerprint density at radius 2 is 2.00 bits per heavy atom. The van der Waals surface area contributed by atoms with Crippen molar-refractivity contribution in [3.63, 3.8) is 0 Å². The van der Waals surface area contributed by atoms with Crippen LogP contribution in [0.4, 0.5) is 0 Å². The SMILES string of the molecule is CCOC(=O)C(C)(C)SCC. The normalized spacial score (nSPS) is 11.3. The molecule has 11 heavy (non-hydrogen) atoms. The maximum Gasteiger partial charge on any atom is 0.321 e. The van der Waals surface area contributed by atoms with Crippen molar-refractivity contribution >= 4 is 17.7 Å². The van der Waals surface area contributed by atoms with Crippen LogP contribution in [0.25, 0.3) is 0 Å². The van der Waals surface area contributed by atoms with E-state index in [0.717, 1.165) is 5.75 Å². The molecule has 0 unspecified atom stereocenters. The molecule has 0 rings (SSSR count). The average molecular weight is 176 g/mol. The molecule has 0 aromatic heterocycles. The lowest BCUT2D eigenvalue weighted by Crippen LogP contribution is -2.30. The van der Waals surface area contributed by atoms with E-state index >= 15 is 0 Å². The van der Waals surface area contributed by atoms with Gasteiger partial charge < -0.3 is 4.74 Å². The molecule has 0 aromatic rings. The van der Waals surface area contributed by atoms with Crippen LogP contribution in [0.3, 0.4) is 0 Å². The number of esters is 1. The highest BCUT2D eigenvalue weighted by molar-refractivity contribution is 8.01. The predicted molar refractivity (Wildman–Crippen MR) is 48.8 cm³/mol. The van der Waals surface area contributed by atoms with Gasteiger partial charge >= 0.3 is 5.97 Å². The number of rotatable bonds is 4. The maximum atomic E-state index is 11.2. The van der Waals surface area contributed by atoms with Crippen LogP contribution >= 0.6 is 11.8 Å². The number of thioether (sulfide) groups is 1. The molecule has 0 saturated carbocycles. The summed E-state index contributed by atoms with van der Waals surface area (Å²) >= 11 is 1.61. The summed E-state index contributed by atoms with van der Waals surface area (Å²) in [6.45, 7) is 8.10. The Balaban J connectivity index is 3.94. The fraction of sp³-hybridized carbons (Fsp3) is 0.875. The molecule has 2 nitrogen and oxygen atoms in total. The van der Waals surface area contributed by atoms with Gasteiger partial charge in [-0.15, -0.1) is 11.8 Å². The highest BCUT2D eigenvalue weighted by Crippen LogP contribution is 2.25. The molecule has 0 bridgehead atoms. The number of hydrogen-bond donors (Lipinski definition) is 0. The summed E-state index contributed by atoms with van der Waals surface area (Å²) in [6, 6.07) is 0. The first-order valence-electron chi connectivity index (χ1n) is 3.85. The number of carbonyl (C=O) groups excluding carboxylic acids is 1. The van der Waals surface area contributed by atoms with Gasteiger partial charge in [0.1, 0.15) is 4.75 Å². The zero-order valence-electron chi connectivity index (χ0n) is 7.64. The van der Waals surface area contributed by atoms with E-state index < -0.39 is 0 Å². The van der Waals surface area contributed by atoms with E-state index in [1.807, 2.05) is 27.7 Å². The standard InChI is InChI=1S/C8H16O2S/c1-5-10-7(9)8(3,4)11-6-2/h5-6H2,1-4H3. The zero-order chi connectivity index (χ0) is 8.91. The van der Waals surface area contributed by atoms with E-state index in [1.54, 1.807) is 11.8 Å². The minimum Gasteiger partial charge on any atom is -0.465 e. The first-order chi connectivity index (χ1) is 5.04. The predicted octanol–water partition coefficient (Wildman–Crippen LogP) is 2.08. The molecule has 0 amide bonds. The van der Waals surface area contributed by atoms with Gasteiger partial charge in [-0.05, 0) is 26.5 Å². The van der Waals surface area contributed by atoms with E-state index in [4.69, 9.17) is 4.74 Å². The second-order valence-electron chi connectivity index (χ2n) is 2.66. The van der Waals surface area contributed by atoms with Crippen LogP contribution in [0, 0.1) is 0 Å². The lowest BCUT2D eigenvalue weighted by molar-refractivity contribution is -0.145. The molecule has 0 fully saturated rings. The lowest BCUT2D eigenvalue weighted by atomic mass is 10.2. The van der Waals surface area contributed by atoms with Gasteiger partial charge in [0.15, 0.2) is 0 Å². The van der Waals surface area contributed by atoms with Crippen LogP contribution < -0.4 is 0 Å². The third-order valence-electron chi connectivity index (χ3n) is 1.27. The topological polar surface area (TPSA) is 26.3 Å². The molecule has 0 radical (unpaired) electrons. The molecule has 66 valence electrons. The molecular formula is C8H16O2S. The van der Waals surface area contributed by atoms with Crippen molar-refractivity contribution in [2.75, 3.05) is 12.4 Å². The summed E-state index contributed by atoms with van der Waals surface area (Å²) in [5.41, 5.74) is 0. The minimum absolute atomic E-state index is 0.119. The average Bonchev–Trinajstić information content (AvgIpc) is 1.88. The van der Waals surface area contributed by atoms with E-state index in [0.29, 0.717) is 6.61 Å². The summed E-state index contributed by atoms with van der Waals surface area (Å²) in [5.74, 6) is 0.818. The number of ether oxygens (including phenoxy) is 1. The summed E-state index contributed by atoms with van der Waals surface area (Å²) in [6.07, 6.45) is 0. The summed E-state index contributed by atoms with van der Waals surface area (Å²) in [4.78, 5) is 11.2. The van der Waals surface area contributed by atoms with Gasteiger partial charge in [-0.3, -0.25) is 4.79 Å². The molecule has 0 saturated heterocycles. The minimum atomic E-state index is -0.384. The lowest BCUT2D eigenvalue weighted by Gasteiger charge is -2.20. The molecule has 0 N–H and O–H groups in total. The van der Waals surface area contributed by atoms with Crippen molar-refractivity contribution in [2.24, 2.45) is 0 Å². The first-order valence-corrected chi connectivity index (χ1v) is 4.84. The second kappa shape index (κ2) is 4.65.